The van der Waals surface area contributed by atoms with Crippen molar-refractivity contribution in [3.05, 3.63) is 83.7 Å². The van der Waals surface area contributed by atoms with Crippen LogP contribution in [0.4, 0.5) is 4.39 Å². The van der Waals surface area contributed by atoms with E-state index in [0.29, 0.717) is 5.75 Å². The second kappa shape index (κ2) is 8.49. The number of amides is 2. The quantitative estimate of drug-likeness (QED) is 0.676. The van der Waals surface area contributed by atoms with Crippen molar-refractivity contribution < 1.29 is 14.0 Å². The van der Waals surface area contributed by atoms with Crippen LogP contribution in [-0.4, -0.2) is 17.6 Å². The van der Waals surface area contributed by atoms with Crippen molar-refractivity contribution in [2.75, 3.05) is 5.75 Å². The standard InChI is InChI=1S/C20H17FN2O2S/c21-17-10-8-15(9-11-17)20(25)23-22-19(24)13-26-12-16-6-3-5-14-4-1-2-7-18(14)16/h1-11H,12-13H2,(H,22,24)(H,23,25). The van der Waals surface area contributed by atoms with Gasteiger partial charge in [-0.3, -0.25) is 20.4 Å². The number of halogens is 1. The lowest BCUT2D eigenvalue weighted by Gasteiger charge is -2.08. The van der Waals surface area contributed by atoms with E-state index < -0.39 is 11.7 Å². The first kappa shape index (κ1) is 17.9. The van der Waals surface area contributed by atoms with Gasteiger partial charge in [-0.25, -0.2) is 4.39 Å². The smallest absolute Gasteiger partial charge is 0.269 e. The van der Waals surface area contributed by atoms with Crippen molar-refractivity contribution in [3.63, 3.8) is 0 Å². The minimum Gasteiger partial charge on any atom is -0.272 e. The third-order valence-corrected chi connectivity index (χ3v) is 4.77. The molecule has 6 heteroatoms. The summed E-state index contributed by atoms with van der Waals surface area (Å²) in [5.41, 5.74) is 6.12. The molecule has 0 heterocycles. The highest BCUT2D eigenvalue weighted by atomic mass is 32.2. The molecule has 0 atom stereocenters. The molecule has 0 spiro atoms. The molecule has 2 amide bonds. The largest absolute Gasteiger partial charge is 0.272 e. The fraction of sp³-hybridized carbons (Fsp3) is 0.100. The highest BCUT2D eigenvalue weighted by Crippen LogP contribution is 2.22. The van der Waals surface area contributed by atoms with Crippen molar-refractivity contribution in [2.24, 2.45) is 0 Å². The van der Waals surface area contributed by atoms with Gasteiger partial charge in [-0.1, -0.05) is 42.5 Å². The van der Waals surface area contributed by atoms with Gasteiger partial charge >= 0.3 is 0 Å². The SMILES string of the molecule is O=C(CSCc1cccc2ccccc12)NNC(=O)c1ccc(F)cc1. The summed E-state index contributed by atoms with van der Waals surface area (Å²) in [7, 11) is 0. The molecule has 0 radical (unpaired) electrons. The van der Waals surface area contributed by atoms with Crippen molar-refractivity contribution in [2.45, 2.75) is 5.75 Å². The molecule has 3 rings (SSSR count). The van der Waals surface area contributed by atoms with E-state index in [1.165, 1.54) is 46.8 Å². The lowest BCUT2D eigenvalue weighted by Crippen LogP contribution is -2.42. The average Bonchev–Trinajstić information content (AvgIpc) is 2.67. The van der Waals surface area contributed by atoms with Crippen LogP contribution in [0, 0.1) is 5.82 Å². The summed E-state index contributed by atoms with van der Waals surface area (Å²) >= 11 is 1.47. The maximum Gasteiger partial charge on any atom is 0.269 e. The first-order chi connectivity index (χ1) is 12.6. The molecule has 0 bridgehead atoms. The number of nitrogens with one attached hydrogen (secondary N) is 2. The normalized spacial score (nSPS) is 10.5. The molecule has 0 unspecified atom stereocenters. The predicted molar refractivity (Wildman–Crippen MR) is 102 cm³/mol. The molecular weight excluding hydrogens is 351 g/mol. The molecule has 26 heavy (non-hydrogen) atoms. The Hall–Kier alpha value is -2.86. The van der Waals surface area contributed by atoms with Crippen LogP contribution in [0.5, 0.6) is 0 Å². The summed E-state index contributed by atoms with van der Waals surface area (Å²) in [5.74, 6) is -0.299. The van der Waals surface area contributed by atoms with Crippen LogP contribution in [0.2, 0.25) is 0 Å². The molecule has 132 valence electrons. The number of hydrogen-bond acceptors (Lipinski definition) is 3. The topological polar surface area (TPSA) is 58.2 Å². The molecule has 4 nitrogen and oxygen atoms in total. The third kappa shape index (κ3) is 4.61. The zero-order chi connectivity index (χ0) is 18.4. The van der Waals surface area contributed by atoms with Crippen molar-refractivity contribution in [1.82, 2.24) is 10.9 Å². The highest BCUT2D eigenvalue weighted by Gasteiger charge is 2.08. The van der Waals surface area contributed by atoms with Gasteiger partial charge in [0.1, 0.15) is 5.82 Å². The average molecular weight is 368 g/mol. The summed E-state index contributed by atoms with van der Waals surface area (Å²) in [6.07, 6.45) is 0. The Labute approximate surface area is 154 Å². The Bertz CT molecular complexity index is 923. The van der Waals surface area contributed by atoms with Crippen molar-refractivity contribution >= 4 is 34.3 Å². The lowest BCUT2D eigenvalue weighted by molar-refractivity contribution is -0.119. The van der Waals surface area contributed by atoms with Gasteiger partial charge in [0.25, 0.3) is 5.91 Å². The Balaban J connectivity index is 1.47. The summed E-state index contributed by atoms with van der Waals surface area (Å²) in [6, 6.07) is 19.3. The van der Waals surface area contributed by atoms with Crippen LogP contribution in [-0.2, 0) is 10.5 Å². The van der Waals surface area contributed by atoms with Crippen molar-refractivity contribution in [3.8, 4) is 0 Å². The molecular formula is C20H17FN2O2S. The lowest BCUT2D eigenvalue weighted by atomic mass is 10.1. The number of carbonyl (C=O) groups is 2. The summed E-state index contributed by atoms with van der Waals surface area (Å²) in [5, 5.41) is 2.34. The van der Waals surface area contributed by atoms with E-state index in [0.717, 1.165) is 5.56 Å². The van der Waals surface area contributed by atoms with Crippen LogP contribution in [0.3, 0.4) is 0 Å². The predicted octanol–water partition coefficient (Wildman–Crippen LogP) is 3.67. The zero-order valence-electron chi connectivity index (χ0n) is 13.9. The fourth-order valence-corrected chi connectivity index (χ4v) is 3.34. The monoisotopic (exact) mass is 368 g/mol. The van der Waals surface area contributed by atoms with Crippen LogP contribution < -0.4 is 10.9 Å². The number of benzene rings is 3. The number of rotatable bonds is 5. The first-order valence-electron chi connectivity index (χ1n) is 8.02. The minimum absolute atomic E-state index is 0.215. The van der Waals surface area contributed by atoms with Gasteiger partial charge in [0.05, 0.1) is 5.75 Å². The van der Waals surface area contributed by atoms with Gasteiger partial charge < -0.3 is 0 Å². The number of fused-ring (bicyclic) bond motifs is 1. The third-order valence-electron chi connectivity index (χ3n) is 3.79. The summed E-state index contributed by atoms with van der Waals surface area (Å²) < 4.78 is 12.8. The molecule has 2 N–H and O–H groups in total. The van der Waals surface area contributed by atoms with Gasteiger partial charge in [0, 0.05) is 11.3 Å². The zero-order valence-corrected chi connectivity index (χ0v) is 14.7. The Morgan fingerprint density at radius 2 is 1.62 bits per heavy atom. The van der Waals surface area contributed by atoms with E-state index in [2.05, 4.69) is 29.1 Å². The summed E-state index contributed by atoms with van der Waals surface area (Å²) in [6.45, 7) is 0. The molecule has 0 aromatic heterocycles. The minimum atomic E-state index is -0.489. The first-order valence-corrected chi connectivity index (χ1v) is 9.18. The van der Waals surface area contributed by atoms with E-state index in [9.17, 15) is 14.0 Å². The molecule has 0 aliphatic rings. The van der Waals surface area contributed by atoms with E-state index in [1.54, 1.807) is 0 Å². The van der Waals surface area contributed by atoms with Gasteiger partial charge in [-0.2, -0.15) is 0 Å². The van der Waals surface area contributed by atoms with Crippen molar-refractivity contribution in [1.29, 1.82) is 0 Å². The van der Waals surface area contributed by atoms with E-state index in [1.807, 2.05) is 24.3 Å². The van der Waals surface area contributed by atoms with Crippen LogP contribution >= 0.6 is 11.8 Å². The maximum absolute atomic E-state index is 12.8. The van der Waals surface area contributed by atoms with E-state index in [-0.39, 0.29) is 17.2 Å². The number of thioether (sulfide) groups is 1. The number of carbonyl (C=O) groups excluding carboxylic acids is 2. The van der Waals surface area contributed by atoms with Gasteiger partial charge in [0.2, 0.25) is 5.91 Å². The number of hydrogen-bond donors (Lipinski definition) is 2. The van der Waals surface area contributed by atoms with Crippen LogP contribution in [0.1, 0.15) is 15.9 Å². The van der Waals surface area contributed by atoms with E-state index in [4.69, 9.17) is 0 Å². The molecule has 0 aliphatic carbocycles. The summed E-state index contributed by atoms with van der Waals surface area (Å²) in [4.78, 5) is 23.7. The maximum atomic E-state index is 12.8. The van der Waals surface area contributed by atoms with Gasteiger partial charge in [0.15, 0.2) is 0 Å². The van der Waals surface area contributed by atoms with Gasteiger partial charge in [-0.15, -0.1) is 11.8 Å². The fourth-order valence-electron chi connectivity index (χ4n) is 2.51. The molecule has 3 aromatic carbocycles. The Kier molecular flexibility index (Phi) is 5.86. The molecule has 0 saturated carbocycles. The van der Waals surface area contributed by atoms with Crippen LogP contribution in [0.15, 0.2) is 66.7 Å². The Morgan fingerprint density at radius 3 is 2.42 bits per heavy atom. The molecule has 3 aromatic rings. The Morgan fingerprint density at radius 1 is 0.885 bits per heavy atom. The van der Waals surface area contributed by atoms with E-state index >= 15 is 0 Å². The molecule has 0 aliphatic heterocycles. The second-order valence-electron chi connectivity index (χ2n) is 5.64. The molecule has 0 saturated heterocycles. The van der Waals surface area contributed by atoms with Crippen LogP contribution in [0.25, 0.3) is 10.8 Å². The van der Waals surface area contributed by atoms with Gasteiger partial charge in [-0.05, 0) is 40.6 Å². The number of hydrazine groups is 1. The second-order valence-corrected chi connectivity index (χ2v) is 6.63. The molecule has 0 fully saturated rings. The highest BCUT2D eigenvalue weighted by molar-refractivity contribution is 7.99.